The Kier molecular flexibility index (Phi) is 6.22. The van der Waals surface area contributed by atoms with Gasteiger partial charge in [-0.05, 0) is 47.9 Å². The van der Waals surface area contributed by atoms with Crippen LogP contribution in [0.2, 0.25) is 0 Å². The van der Waals surface area contributed by atoms with E-state index in [0.717, 1.165) is 36.5 Å². The summed E-state index contributed by atoms with van der Waals surface area (Å²) < 4.78 is 25.2. The maximum atomic E-state index is 12.6. The zero-order chi connectivity index (χ0) is 17.9. The van der Waals surface area contributed by atoms with Gasteiger partial charge in [-0.3, -0.25) is 14.0 Å². The second kappa shape index (κ2) is 7.79. The Labute approximate surface area is 151 Å². The topological polar surface area (TPSA) is 82.6 Å². The van der Waals surface area contributed by atoms with Gasteiger partial charge in [0.2, 0.25) is 10.0 Å². The Balaban J connectivity index is 2.18. The summed E-state index contributed by atoms with van der Waals surface area (Å²) in [4.78, 5) is 19.0. The first-order chi connectivity index (χ1) is 11.2. The van der Waals surface area contributed by atoms with Gasteiger partial charge in [0.25, 0.3) is 5.91 Å². The van der Waals surface area contributed by atoms with Crippen molar-refractivity contribution in [3.05, 3.63) is 22.3 Å². The fraction of sp³-hybridized carbons (Fsp3) is 0.600. The van der Waals surface area contributed by atoms with Crippen molar-refractivity contribution in [3.8, 4) is 0 Å². The van der Waals surface area contributed by atoms with E-state index < -0.39 is 10.0 Å². The number of aromatic nitrogens is 1. The zero-order valence-electron chi connectivity index (χ0n) is 14.1. The van der Waals surface area contributed by atoms with Crippen LogP contribution in [0.3, 0.4) is 0 Å². The van der Waals surface area contributed by atoms with Crippen molar-refractivity contribution >= 4 is 37.7 Å². The summed E-state index contributed by atoms with van der Waals surface area (Å²) in [6, 6.07) is 1.92. The number of sulfonamides is 1. The predicted octanol–water partition coefficient (Wildman–Crippen LogP) is 1.45. The molecule has 1 N–H and O–H groups in total. The van der Waals surface area contributed by atoms with Crippen molar-refractivity contribution in [3.63, 3.8) is 0 Å². The third-order valence-corrected chi connectivity index (χ3v) is 5.88. The summed E-state index contributed by atoms with van der Waals surface area (Å²) in [7, 11) is -2.11. The summed E-state index contributed by atoms with van der Waals surface area (Å²) in [5.74, 6) is -0.200. The molecule has 1 aliphatic heterocycles. The SMILES string of the molecule is CCN1CCCC1CNC(=O)c1cc(Br)cnc1N(C)S(C)(=O)=O. The fourth-order valence-corrected chi connectivity index (χ4v) is 3.65. The van der Waals surface area contributed by atoms with Crippen molar-refractivity contribution in [2.45, 2.75) is 25.8 Å². The van der Waals surface area contributed by atoms with Gasteiger partial charge in [-0.25, -0.2) is 13.4 Å². The Hall–Kier alpha value is -1.19. The molecule has 1 aliphatic rings. The van der Waals surface area contributed by atoms with E-state index in [1.165, 1.54) is 13.2 Å². The molecule has 2 rings (SSSR count). The van der Waals surface area contributed by atoms with E-state index in [0.29, 0.717) is 17.1 Å². The van der Waals surface area contributed by atoms with E-state index in [4.69, 9.17) is 0 Å². The highest BCUT2D eigenvalue weighted by Gasteiger charge is 2.25. The number of likely N-dealkylation sites (tertiary alicyclic amines) is 1. The molecule has 2 heterocycles. The molecule has 1 saturated heterocycles. The second-order valence-electron chi connectivity index (χ2n) is 5.89. The largest absolute Gasteiger partial charge is 0.350 e. The summed E-state index contributed by atoms with van der Waals surface area (Å²) in [5, 5.41) is 2.92. The van der Waals surface area contributed by atoms with Crippen LogP contribution in [0.1, 0.15) is 30.1 Å². The first kappa shape index (κ1) is 19.1. The molecular weight excluding hydrogens is 396 g/mol. The number of nitrogens with zero attached hydrogens (tertiary/aromatic N) is 3. The van der Waals surface area contributed by atoms with Crippen LogP contribution in [0.25, 0.3) is 0 Å². The normalized spacial score (nSPS) is 18.6. The number of anilines is 1. The lowest BCUT2D eigenvalue weighted by molar-refractivity contribution is 0.0941. The van der Waals surface area contributed by atoms with Crippen LogP contribution in [0.15, 0.2) is 16.7 Å². The van der Waals surface area contributed by atoms with Gasteiger partial charge in [-0.2, -0.15) is 0 Å². The molecule has 1 aromatic rings. The molecule has 24 heavy (non-hydrogen) atoms. The molecule has 7 nitrogen and oxygen atoms in total. The number of hydrogen-bond donors (Lipinski definition) is 1. The number of hydrogen-bond acceptors (Lipinski definition) is 5. The quantitative estimate of drug-likeness (QED) is 0.755. The van der Waals surface area contributed by atoms with Crippen molar-refractivity contribution in [2.24, 2.45) is 0 Å². The van der Waals surface area contributed by atoms with Crippen molar-refractivity contribution in [1.82, 2.24) is 15.2 Å². The molecule has 0 spiro atoms. The van der Waals surface area contributed by atoms with Gasteiger partial charge in [0.15, 0.2) is 5.82 Å². The van der Waals surface area contributed by atoms with Crippen molar-refractivity contribution < 1.29 is 13.2 Å². The maximum Gasteiger partial charge on any atom is 0.255 e. The Morgan fingerprint density at radius 3 is 2.88 bits per heavy atom. The van der Waals surface area contributed by atoms with E-state index in [-0.39, 0.29) is 17.3 Å². The summed E-state index contributed by atoms with van der Waals surface area (Å²) in [6.45, 7) is 4.66. The average molecular weight is 419 g/mol. The summed E-state index contributed by atoms with van der Waals surface area (Å²) in [6.07, 6.45) is 4.75. The fourth-order valence-electron chi connectivity index (χ4n) is 2.86. The highest BCUT2D eigenvalue weighted by atomic mass is 79.9. The average Bonchev–Trinajstić information content (AvgIpc) is 2.98. The van der Waals surface area contributed by atoms with E-state index >= 15 is 0 Å². The highest BCUT2D eigenvalue weighted by molar-refractivity contribution is 9.10. The number of nitrogens with one attached hydrogen (secondary N) is 1. The first-order valence-corrected chi connectivity index (χ1v) is 10.5. The molecular formula is C15H23BrN4O3S. The van der Waals surface area contributed by atoms with Gasteiger partial charge in [-0.1, -0.05) is 6.92 Å². The van der Waals surface area contributed by atoms with Gasteiger partial charge >= 0.3 is 0 Å². The predicted molar refractivity (Wildman–Crippen MR) is 97.8 cm³/mol. The third kappa shape index (κ3) is 4.46. The minimum absolute atomic E-state index is 0.122. The number of amides is 1. The van der Waals surface area contributed by atoms with Gasteiger partial charge in [-0.15, -0.1) is 0 Å². The number of rotatable bonds is 6. The van der Waals surface area contributed by atoms with Crippen molar-refractivity contribution in [1.29, 1.82) is 0 Å². The Morgan fingerprint density at radius 1 is 1.54 bits per heavy atom. The number of carbonyl (C=O) groups is 1. The molecule has 0 radical (unpaired) electrons. The molecule has 1 fully saturated rings. The lowest BCUT2D eigenvalue weighted by Crippen LogP contribution is -2.40. The number of halogens is 1. The lowest BCUT2D eigenvalue weighted by atomic mass is 10.2. The van der Waals surface area contributed by atoms with Gasteiger partial charge in [0, 0.05) is 30.3 Å². The van der Waals surface area contributed by atoms with Crippen LogP contribution >= 0.6 is 15.9 Å². The van der Waals surface area contributed by atoms with Crippen molar-refractivity contribution in [2.75, 3.05) is 37.2 Å². The van der Waals surface area contributed by atoms with E-state index in [9.17, 15) is 13.2 Å². The van der Waals surface area contributed by atoms with Crippen LogP contribution in [0.4, 0.5) is 5.82 Å². The minimum atomic E-state index is -3.50. The molecule has 1 amide bonds. The molecule has 1 atom stereocenters. The highest BCUT2D eigenvalue weighted by Crippen LogP contribution is 2.23. The van der Waals surface area contributed by atoms with E-state index in [1.807, 2.05) is 0 Å². The molecule has 0 aromatic carbocycles. The van der Waals surface area contributed by atoms with Crippen LogP contribution in [0.5, 0.6) is 0 Å². The monoisotopic (exact) mass is 418 g/mol. The number of carbonyl (C=O) groups excluding carboxylic acids is 1. The Morgan fingerprint density at radius 2 is 2.25 bits per heavy atom. The van der Waals surface area contributed by atoms with Crippen LogP contribution < -0.4 is 9.62 Å². The van der Waals surface area contributed by atoms with Gasteiger partial charge in [0.1, 0.15) is 0 Å². The van der Waals surface area contributed by atoms with Crippen LogP contribution in [-0.4, -0.2) is 63.2 Å². The zero-order valence-corrected chi connectivity index (χ0v) is 16.5. The molecule has 9 heteroatoms. The molecule has 0 bridgehead atoms. The number of likely N-dealkylation sites (N-methyl/N-ethyl adjacent to an activating group) is 1. The second-order valence-corrected chi connectivity index (χ2v) is 8.82. The molecule has 0 saturated carbocycles. The molecule has 1 aromatic heterocycles. The van der Waals surface area contributed by atoms with Crippen LogP contribution in [-0.2, 0) is 10.0 Å². The molecule has 1 unspecified atom stereocenters. The van der Waals surface area contributed by atoms with Gasteiger partial charge in [0.05, 0.1) is 11.8 Å². The maximum absolute atomic E-state index is 12.6. The van der Waals surface area contributed by atoms with E-state index in [2.05, 4.69) is 38.1 Å². The summed E-state index contributed by atoms with van der Waals surface area (Å²) >= 11 is 3.28. The standard InChI is InChI=1S/C15H23BrN4O3S/c1-4-20-7-5-6-12(20)10-18-15(21)13-8-11(16)9-17-14(13)19(2)24(3,22)23/h8-9,12H,4-7,10H2,1-3H3,(H,18,21). The number of pyridine rings is 1. The van der Waals surface area contributed by atoms with Gasteiger partial charge < -0.3 is 5.32 Å². The Bertz CT molecular complexity index is 711. The molecule has 134 valence electrons. The van der Waals surface area contributed by atoms with E-state index in [1.54, 1.807) is 6.07 Å². The summed E-state index contributed by atoms with van der Waals surface area (Å²) in [5.41, 5.74) is 0.235. The lowest BCUT2D eigenvalue weighted by Gasteiger charge is -2.23. The van der Waals surface area contributed by atoms with Crippen LogP contribution in [0, 0.1) is 0 Å². The smallest absolute Gasteiger partial charge is 0.255 e. The minimum Gasteiger partial charge on any atom is -0.350 e. The first-order valence-electron chi connectivity index (χ1n) is 7.85. The molecule has 0 aliphatic carbocycles. The third-order valence-electron chi connectivity index (χ3n) is 4.28.